The first-order valence-corrected chi connectivity index (χ1v) is 10.1. The third-order valence-electron chi connectivity index (χ3n) is 4.27. The van der Waals surface area contributed by atoms with E-state index in [9.17, 15) is 19.2 Å². The zero-order valence-corrected chi connectivity index (χ0v) is 17.5. The highest BCUT2D eigenvalue weighted by molar-refractivity contribution is 8.18. The molecule has 1 N–H and O–H groups in total. The van der Waals surface area contributed by atoms with Crippen LogP contribution in [0.15, 0.2) is 45.7 Å². The molecule has 2 aromatic rings. The lowest BCUT2D eigenvalue weighted by Crippen LogP contribution is -2.42. The Morgan fingerprint density at radius 2 is 1.90 bits per heavy atom. The number of carboxylic acid groups (broad SMARTS) is 1. The average molecular weight is 445 g/mol. The number of rotatable bonds is 8. The number of amides is 2. The molecule has 1 aliphatic heterocycles. The molecule has 1 aliphatic rings. The lowest BCUT2D eigenvalue weighted by molar-refractivity contribution is -0.150. The third kappa shape index (κ3) is 5.15. The van der Waals surface area contributed by atoms with Crippen LogP contribution in [0.5, 0.6) is 5.75 Å². The minimum atomic E-state index is -1.16. The molecule has 1 atom stereocenters. The van der Waals surface area contributed by atoms with Crippen molar-refractivity contribution >= 4 is 40.9 Å². The van der Waals surface area contributed by atoms with Crippen LogP contribution in [-0.4, -0.2) is 45.7 Å². The van der Waals surface area contributed by atoms with E-state index < -0.39 is 29.1 Å². The van der Waals surface area contributed by atoms with Gasteiger partial charge in [-0.1, -0.05) is 12.1 Å². The Morgan fingerprint density at radius 3 is 2.52 bits per heavy atom. The summed E-state index contributed by atoms with van der Waals surface area (Å²) in [5.74, 6) is -1.64. The molecule has 0 radical (unpaired) electrons. The molecule has 162 valence electrons. The zero-order chi connectivity index (χ0) is 22.5. The Kier molecular flexibility index (Phi) is 6.81. The van der Waals surface area contributed by atoms with E-state index in [0.717, 1.165) is 16.7 Å². The van der Waals surface area contributed by atoms with Crippen LogP contribution in [0.3, 0.4) is 0 Å². The number of nitrogens with zero attached hydrogens (tertiary/aromatic N) is 1. The summed E-state index contributed by atoms with van der Waals surface area (Å²) in [6.07, 6.45) is 1.55. The van der Waals surface area contributed by atoms with Gasteiger partial charge in [0.25, 0.3) is 11.1 Å². The molecule has 0 unspecified atom stereocenters. The molecule has 1 aromatic heterocycles. The fourth-order valence-electron chi connectivity index (χ4n) is 2.72. The van der Waals surface area contributed by atoms with Gasteiger partial charge in [0.1, 0.15) is 24.2 Å². The average Bonchev–Trinajstić information content (AvgIpc) is 3.32. The van der Waals surface area contributed by atoms with Gasteiger partial charge in [-0.15, -0.1) is 0 Å². The molecule has 1 aromatic carbocycles. The van der Waals surface area contributed by atoms with Gasteiger partial charge in [-0.25, -0.2) is 9.59 Å². The number of thioether (sulfide) groups is 1. The van der Waals surface area contributed by atoms with Crippen LogP contribution >= 0.6 is 11.8 Å². The standard InChI is InChI=1S/C21H19NO8S/c1-3-28-20(26)12(2)22-18(23)17(31-21(22)27)10-13-4-6-14(7-5-13)29-11-15-8-9-16(30-15)19(24)25/h4-10,12H,3,11H2,1-2H3,(H,24,25)/b17-10+/t12-/m0/s1. The van der Waals surface area contributed by atoms with E-state index in [2.05, 4.69) is 0 Å². The molecule has 0 aliphatic carbocycles. The number of ether oxygens (including phenoxy) is 2. The number of esters is 1. The van der Waals surface area contributed by atoms with E-state index in [1.54, 1.807) is 37.3 Å². The van der Waals surface area contributed by atoms with Gasteiger partial charge in [0.05, 0.1) is 11.5 Å². The summed E-state index contributed by atoms with van der Waals surface area (Å²) in [6.45, 7) is 3.30. The maximum absolute atomic E-state index is 12.6. The number of carbonyl (C=O) groups excluding carboxylic acids is 3. The fourth-order valence-corrected chi connectivity index (χ4v) is 3.63. The van der Waals surface area contributed by atoms with Crippen LogP contribution in [-0.2, 0) is 20.9 Å². The molecule has 3 rings (SSSR count). The Bertz CT molecular complexity index is 1040. The van der Waals surface area contributed by atoms with Crippen molar-refractivity contribution in [1.29, 1.82) is 0 Å². The van der Waals surface area contributed by atoms with Crippen LogP contribution in [0.2, 0.25) is 0 Å². The van der Waals surface area contributed by atoms with Crippen molar-refractivity contribution in [3.05, 3.63) is 58.4 Å². The number of hydrogen-bond acceptors (Lipinski definition) is 8. The van der Waals surface area contributed by atoms with Crippen molar-refractivity contribution in [1.82, 2.24) is 4.90 Å². The highest BCUT2D eigenvalue weighted by Crippen LogP contribution is 2.34. The minimum absolute atomic E-state index is 0.0528. The van der Waals surface area contributed by atoms with E-state index in [1.165, 1.54) is 19.1 Å². The second kappa shape index (κ2) is 9.52. The number of furan rings is 1. The Hall–Kier alpha value is -3.53. The first-order valence-electron chi connectivity index (χ1n) is 9.28. The summed E-state index contributed by atoms with van der Waals surface area (Å²) in [5, 5.41) is 8.32. The van der Waals surface area contributed by atoms with E-state index >= 15 is 0 Å². The fraction of sp³-hybridized carbons (Fsp3) is 0.238. The van der Waals surface area contributed by atoms with Crippen LogP contribution in [0, 0.1) is 0 Å². The van der Waals surface area contributed by atoms with Gasteiger partial charge < -0.3 is 19.0 Å². The molecule has 0 saturated carbocycles. The third-order valence-corrected chi connectivity index (χ3v) is 5.15. The van der Waals surface area contributed by atoms with E-state index in [-0.39, 0.29) is 23.9 Å². The van der Waals surface area contributed by atoms with Gasteiger partial charge in [0.2, 0.25) is 5.76 Å². The second-order valence-corrected chi connectivity index (χ2v) is 7.40. The van der Waals surface area contributed by atoms with Crippen molar-refractivity contribution in [3.8, 4) is 5.75 Å². The van der Waals surface area contributed by atoms with Crippen molar-refractivity contribution in [3.63, 3.8) is 0 Å². The van der Waals surface area contributed by atoms with E-state index in [4.69, 9.17) is 19.0 Å². The maximum Gasteiger partial charge on any atom is 0.371 e. The topological polar surface area (TPSA) is 123 Å². The molecule has 9 nitrogen and oxygen atoms in total. The van der Waals surface area contributed by atoms with Crippen molar-refractivity contribution in [2.75, 3.05) is 6.61 Å². The SMILES string of the molecule is CCOC(=O)[C@H](C)N1C(=O)S/C(=C/c2ccc(OCc3ccc(C(=O)O)o3)cc2)C1=O. The molecule has 0 bridgehead atoms. The highest BCUT2D eigenvalue weighted by atomic mass is 32.2. The number of benzene rings is 1. The predicted octanol–water partition coefficient (Wildman–Crippen LogP) is 3.54. The summed E-state index contributed by atoms with van der Waals surface area (Å²) in [5.41, 5.74) is 0.660. The van der Waals surface area contributed by atoms with E-state index in [0.29, 0.717) is 17.1 Å². The second-order valence-electron chi connectivity index (χ2n) is 6.41. The summed E-state index contributed by atoms with van der Waals surface area (Å²) in [7, 11) is 0. The Labute approximate surface area is 181 Å². The number of aromatic carboxylic acids is 1. The minimum Gasteiger partial charge on any atom is -0.486 e. The monoisotopic (exact) mass is 445 g/mol. The quantitative estimate of drug-likeness (QED) is 0.480. The molecule has 0 spiro atoms. The van der Waals surface area contributed by atoms with Gasteiger partial charge in [-0.2, -0.15) is 0 Å². The lowest BCUT2D eigenvalue weighted by atomic mass is 10.2. The Morgan fingerprint density at radius 1 is 1.19 bits per heavy atom. The molecule has 1 fully saturated rings. The molecular formula is C21H19NO8S. The van der Waals surface area contributed by atoms with Crippen molar-refractivity contribution in [2.45, 2.75) is 26.5 Å². The van der Waals surface area contributed by atoms with Crippen LogP contribution in [0.25, 0.3) is 6.08 Å². The predicted molar refractivity (Wildman–Crippen MR) is 110 cm³/mol. The van der Waals surface area contributed by atoms with Gasteiger partial charge in [0, 0.05) is 0 Å². The normalized spacial score (nSPS) is 15.9. The van der Waals surface area contributed by atoms with Gasteiger partial charge in [-0.05, 0) is 61.5 Å². The van der Waals surface area contributed by atoms with Crippen LogP contribution in [0.1, 0.15) is 35.7 Å². The first kappa shape index (κ1) is 22.2. The highest BCUT2D eigenvalue weighted by Gasteiger charge is 2.41. The van der Waals surface area contributed by atoms with Gasteiger partial charge >= 0.3 is 11.9 Å². The molecular weight excluding hydrogens is 426 g/mol. The Balaban J connectivity index is 1.64. The molecule has 2 amide bonds. The number of imide groups is 1. The van der Waals surface area contributed by atoms with Crippen molar-refractivity contribution in [2.24, 2.45) is 0 Å². The zero-order valence-electron chi connectivity index (χ0n) is 16.7. The number of carbonyl (C=O) groups is 4. The summed E-state index contributed by atoms with van der Waals surface area (Å²) < 4.78 is 15.6. The molecule has 2 heterocycles. The molecule has 1 saturated heterocycles. The van der Waals surface area contributed by atoms with Crippen molar-refractivity contribution < 1.29 is 38.2 Å². The summed E-state index contributed by atoms with van der Waals surface area (Å²) in [6, 6.07) is 8.59. The summed E-state index contributed by atoms with van der Waals surface area (Å²) in [4.78, 5) is 48.6. The molecule has 10 heteroatoms. The van der Waals surface area contributed by atoms with E-state index in [1.807, 2.05) is 0 Å². The largest absolute Gasteiger partial charge is 0.486 e. The number of hydrogen-bond donors (Lipinski definition) is 1. The number of carboxylic acids is 1. The van der Waals surface area contributed by atoms with Crippen LogP contribution < -0.4 is 4.74 Å². The van der Waals surface area contributed by atoms with Gasteiger partial charge in [0.15, 0.2) is 0 Å². The molecule has 31 heavy (non-hydrogen) atoms. The van der Waals surface area contributed by atoms with Crippen LogP contribution in [0.4, 0.5) is 4.79 Å². The first-order chi connectivity index (χ1) is 14.8. The summed E-state index contributed by atoms with van der Waals surface area (Å²) >= 11 is 0.756. The maximum atomic E-state index is 12.6. The lowest BCUT2D eigenvalue weighted by Gasteiger charge is -2.19. The van der Waals surface area contributed by atoms with Gasteiger partial charge in [-0.3, -0.25) is 14.5 Å². The smallest absolute Gasteiger partial charge is 0.371 e.